The van der Waals surface area contributed by atoms with Crippen LogP contribution in [0.2, 0.25) is 0 Å². The van der Waals surface area contributed by atoms with Crippen molar-refractivity contribution >= 4 is 32.8 Å². The Morgan fingerprint density at radius 1 is 1.17 bits per heavy atom. The number of aryl methyl sites for hydroxylation is 1. The molecule has 2 aliphatic heterocycles. The van der Waals surface area contributed by atoms with Gasteiger partial charge < -0.3 is 14.8 Å². The molecule has 2 fully saturated rings. The first kappa shape index (κ1) is 19.0. The van der Waals surface area contributed by atoms with E-state index in [1.54, 1.807) is 19.3 Å². The molecule has 0 saturated carbocycles. The van der Waals surface area contributed by atoms with Crippen molar-refractivity contribution in [2.75, 3.05) is 18.0 Å². The minimum atomic E-state index is -3.80. The molecular formula is C20H22N6O3S. The Labute approximate surface area is 174 Å². The number of carbonyl (C=O) groups excluding carboxylic acids is 1. The number of hydrogen-bond donors (Lipinski definition) is 2. The molecule has 5 rings (SSSR count). The summed E-state index contributed by atoms with van der Waals surface area (Å²) in [5, 5.41) is 6.19. The molecule has 3 aromatic rings. The second-order valence-electron chi connectivity index (χ2n) is 7.96. The fraction of sp³-hybridized carbons (Fsp3) is 0.350. The summed E-state index contributed by atoms with van der Waals surface area (Å²) in [5.74, 6) is 0.828. The van der Waals surface area contributed by atoms with Crippen molar-refractivity contribution in [1.29, 1.82) is 0 Å². The maximum Gasteiger partial charge on any atom is 0.254 e. The molecule has 2 atom stereocenters. The number of H-pyrrole nitrogens is 1. The summed E-state index contributed by atoms with van der Waals surface area (Å²) in [4.78, 5) is 29.4. The van der Waals surface area contributed by atoms with Gasteiger partial charge in [0.05, 0.1) is 22.4 Å². The largest absolute Gasteiger partial charge is 0.352 e. The van der Waals surface area contributed by atoms with Crippen LogP contribution in [-0.2, 0) is 10.0 Å². The number of aromatic nitrogens is 3. The number of primary sulfonamides is 1. The molecule has 9 nitrogen and oxygen atoms in total. The molecule has 4 heterocycles. The normalized spacial score (nSPS) is 21.4. The van der Waals surface area contributed by atoms with Gasteiger partial charge in [-0.2, -0.15) is 0 Å². The molecule has 2 saturated heterocycles. The first-order valence-electron chi connectivity index (χ1n) is 9.82. The van der Waals surface area contributed by atoms with Crippen LogP contribution in [0.1, 0.15) is 28.8 Å². The van der Waals surface area contributed by atoms with Gasteiger partial charge in [0.2, 0.25) is 10.0 Å². The van der Waals surface area contributed by atoms with Gasteiger partial charge in [0.1, 0.15) is 17.8 Å². The first-order valence-corrected chi connectivity index (χ1v) is 11.4. The van der Waals surface area contributed by atoms with E-state index in [0.717, 1.165) is 29.7 Å². The second kappa shape index (κ2) is 6.78. The SMILES string of the molecule is Cc1cc(S(N)(=O)=O)ccc1C(=O)N1C2CCC1CN(c1ncnc3[nH]ccc13)C2. The van der Waals surface area contributed by atoms with Gasteiger partial charge >= 0.3 is 0 Å². The topological polar surface area (TPSA) is 125 Å². The Hall–Kier alpha value is -2.98. The van der Waals surface area contributed by atoms with E-state index in [1.165, 1.54) is 12.1 Å². The first-order chi connectivity index (χ1) is 14.3. The summed E-state index contributed by atoms with van der Waals surface area (Å²) in [7, 11) is -3.80. The van der Waals surface area contributed by atoms with Gasteiger partial charge in [0.15, 0.2) is 0 Å². The molecule has 156 valence electrons. The Kier molecular flexibility index (Phi) is 4.30. The third-order valence-electron chi connectivity index (χ3n) is 6.11. The number of sulfonamides is 1. The number of benzene rings is 1. The Bertz CT molecular complexity index is 1240. The number of nitrogens with two attached hydrogens (primary N) is 1. The number of rotatable bonds is 3. The maximum absolute atomic E-state index is 13.4. The van der Waals surface area contributed by atoms with Crippen molar-refractivity contribution in [2.24, 2.45) is 5.14 Å². The Morgan fingerprint density at radius 3 is 2.57 bits per heavy atom. The maximum atomic E-state index is 13.4. The molecular weight excluding hydrogens is 404 g/mol. The van der Waals surface area contributed by atoms with Crippen molar-refractivity contribution in [2.45, 2.75) is 36.7 Å². The number of hydrogen-bond acceptors (Lipinski definition) is 6. The zero-order valence-electron chi connectivity index (χ0n) is 16.4. The van der Waals surface area contributed by atoms with E-state index in [0.29, 0.717) is 24.2 Å². The number of nitrogens with one attached hydrogen (secondary N) is 1. The van der Waals surface area contributed by atoms with E-state index in [9.17, 15) is 13.2 Å². The third kappa shape index (κ3) is 3.03. The predicted octanol–water partition coefficient (Wildman–Crippen LogP) is 1.41. The fourth-order valence-corrected chi connectivity index (χ4v) is 5.31. The van der Waals surface area contributed by atoms with Crippen LogP contribution in [0.3, 0.4) is 0 Å². The molecule has 2 aliphatic rings. The van der Waals surface area contributed by atoms with Crippen LogP contribution in [0.15, 0.2) is 41.7 Å². The lowest BCUT2D eigenvalue weighted by molar-refractivity contribution is 0.0640. The number of amides is 1. The molecule has 2 bridgehead atoms. The fourth-order valence-electron chi connectivity index (χ4n) is 4.71. The minimum absolute atomic E-state index is 0.0172. The summed E-state index contributed by atoms with van der Waals surface area (Å²) in [5.41, 5.74) is 1.93. The van der Waals surface area contributed by atoms with E-state index < -0.39 is 10.0 Å². The van der Waals surface area contributed by atoms with Crippen LogP contribution in [0.25, 0.3) is 11.0 Å². The van der Waals surface area contributed by atoms with Crippen LogP contribution < -0.4 is 10.0 Å². The summed E-state index contributed by atoms with van der Waals surface area (Å²) in [6, 6.07) is 6.56. The van der Waals surface area contributed by atoms with Crippen LogP contribution in [0.4, 0.5) is 5.82 Å². The van der Waals surface area contributed by atoms with Gasteiger partial charge in [-0.3, -0.25) is 4.79 Å². The summed E-state index contributed by atoms with van der Waals surface area (Å²) in [6.45, 7) is 3.14. The average Bonchev–Trinajstić information content (AvgIpc) is 3.28. The monoisotopic (exact) mass is 426 g/mol. The van der Waals surface area contributed by atoms with Crippen LogP contribution >= 0.6 is 0 Å². The average molecular weight is 427 g/mol. The molecule has 1 aromatic carbocycles. The van der Waals surface area contributed by atoms with Gasteiger partial charge in [-0.1, -0.05) is 0 Å². The molecule has 1 amide bonds. The Balaban J connectivity index is 1.42. The highest BCUT2D eigenvalue weighted by Gasteiger charge is 2.43. The molecule has 10 heteroatoms. The van der Waals surface area contributed by atoms with E-state index in [4.69, 9.17) is 5.14 Å². The van der Waals surface area contributed by atoms with Crippen LogP contribution in [0.5, 0.6) is 0 Å². The number of carbonyl (C=O) groups is 1. The minimum Gasteiger partial charge on any atom is -0.352 e. The third-order valence-corrected chi connectivity index (χ3v) is 7.02. The molecule has 2 aromatic heterocycles. The van der Waals surface area contributed by atoms with Crippen molar-refractivity contribution < 1.29 is 13.2 Å². The molecule has 0 spiro atoms. The standard InChI is InChI=1S/C20H22N6O3S/c1-12-8-15(30(21,28)29)4-5-16(12)20(27)26-13-2-3-14(26)10-25(9-13)19-17-6-7-22-18(17)23-11-24-19/h4-8,11,13-14H,2-3,9-10H2,1H3,(H2,21,28,29)(H,22,23,24). The predicted molar refractivity (Wildman–Crippen MR) is 112 cm³/mol. The summed E-state index contributed by atoms with van der Waals surface area (Å²) in [6.07, 6.45) is 5.28. The zero-order chi connectivity index (χ0) is 21.0. The van der Waals surface area contributed by atoms with Crippen molar-refractivity contribution in [3.63, 3.8) is 0 Å². The van der Waals surface area contributed by atoms with Crippen molar-refractivity contribution in [3.05, 3.63) is 47.9 Å². The smallest absolute Gasteiger partial charge is 0.254 e. The van der Waals surface area contributed by atoms with E-state index in [-0.39, 0.29) is 22.9 Å². The molecule has 3 N–H and O–H groups in total. The highest BCUT2D eigenvalue weighted by Crippen LogP contribution is 2.35. The van der Waals surface area contributed by atoms with Gasteiger partial charge in [-0.05, 0) is 49.6 Å². The van der Waals surface area contributed by atoms with Gasteiger partial charge in [-0.25, -0.2) is 23.5 Å². The number of piperazine rings is 1. The Morgan fingerprint density at radius 2 is 1.90 bits per heavy atom. The summed E-state index contributed by atoms with van der Waals surface area (Å²) >= 11 is 0. The zero-order valence-corrected chi connectivity index (χ0v) is 17.3. The highest BCUT2D eigenvalue weighted by molar-refractivity contribution is 7.89. The van der Waals surface area contributed by atoms with E-state index in [2.05, 4.69) is 19.9 Å². The molecule has 0 aliphatic carbocycles. The van der Waals surface area contributed by atoms with E-state index in [1.807, 2.05) is 17.2 Å². The van der Waals surface area contributed by atoms with Crippen molar-refractivity contribution in [3.8, 4) is 0 Å². The molecule has 2 unspecified atom stereocenters. The lowest BCUT2D eigenvalue weighted by Gasteiger charge is -2.42. The van der Waals surface area contributed by atoms with E-state index >= 15 is 0 Å². The van der Waals surface area contributed by atoms with Crippen LogP contribution in [0, 0.1) is 6.92 Å². The number of anilines is 1. The summed E-state index contributed by atoms with van der Waals surface area (Å²) < 4.78 is 23.2. The molecule has 0 radical (unpaired) electrons. The number of aromatic amines is 1. The molecule has 30 heavy (non-hydrogen) atoms. The second-order valence-corrected chi connectivity index (χ2v) is 9.52. The van der Waals surface area contributed by atoms with Crippen molar-refractivity contribution in [1.82, 2.24) is 19.9 Å². The number of fused-ring (bicyclic) bond motifs is 3. The van der Waals surface area contributed by atoms with Gasteiger partial charge in [-0.15, -0.1) is 0 Å². The van der Waals surface area contributed by atoms with Crippen LogP contribution in [-0.4, -0.2) is 59.4 Å². The lowest BCUT2D eigenvalue weighted by Crippen LogP contribution is -2.56. The quantitative estimate of drug-likeness (QED) is 0.652. The highest BCUT2D eigenvalue weighted by atomic mass is 32.2. The number of nitrogens with zero attached hydrogens (tertiary/aromatic N) is 4. The van der Waals surface area contributed by atoms with Gasteiger partial charge in [0, 0.05) is 24.8 Å². The lowest BCUT2D eigenvalue weighted by atomic mass is 10.1. The van der Waals surface area contributed by atoms with Gasteiger partial charge in [0.25, 0.3) is 5.91 Å².